The van der Waals surface area contributed by atoms with Crippen LogP contribution in [0.5, 0.6) is 5.75 Å². The van der Waals surface area contributed by atoms with Crippen molar-refractivity contribution < 1.29 is 27.5 Å². The van der Waals surface area contributed by atoms with Gasteiger partial charge in [-0.15, -0.1) is 5.10 Å². The van der Waals surface area contributed by atoms with E-state index in [9.17, 15) is 22.8 Å². The lowest BCUT2D eigenvalue weighted by molar-refractivity contribution is -0.144. The minimum Gasteiger partial charge on any atom is -0.494 e. The van der Waals surface area contributed by atoms with Gasteiger partial charge in [0.05, 0.1) is 6.61 Å². The number of nitrogens with zero attached hydrogens (tertiary/aromatic N) is 2. The van der Waals surface area contributed by atoms with E-state index in [0.29, 0.717) is 17.9 Å². The molecular formula is C15H15F3N4O3. The van der Waals surface area contributed by atoms with Crippen LogP contribution in [-0.4, -0.2) is 33.5 Å². The number of anilines is 1. The molecule has 2 aromatic rings. The normalized spacial score (nSPS) is 11.2. The highest BCUT2D eigenvalue weighted by Gasteiger charge is 2.35. The third-order valence-electron chi connectivity index (χ3n) is 3.07. The van der Waals surface area contributed by atoms with Crippen molar-refractivity contribution in [3.8, 4) is 5.75 Å². The first-order chi connectivity index (χ1) is 11.8. The molecule has 10 heteroatoms. The Kier molecular flexibility index (Phi) is 5.73. The summed E-state index contributed by atoms with van der Waals surface area (Å²) in [4.78, 5) is 26.8. The number of benzene rings is 1. The maximum absolute atomic E-state index is 12.4. The van der Waals surface area contributed by atoms with Crippen LogP contribution in [0.1, 0.15) is 35.9 Å². The van der Waals surface area contributed by atoms with Crippen LogP contribution in [0.2, 0.25) is 0 Å². The Hall–Kier alpha value is -2.91. The molecular weight excluding hydrogens is 341 g/mol. The van der Waals surface area contributed by atoms with Crippen molar-refractivity contribution in [2.45, 2.75) is 25.9 Å². The number of aromatic nitrogens is 3. The van der Waals surface area contributed by atoms with Gasteiger partial charge in [0.25, 0.3) is 0 Å². The van der Waals surface area contributed by atoms with Gasteiger partial charge >= 0.3 is 6.18 Å². The van der Waals surface area contributed by atoms with Gasteiger partial charge in [-0.2, -0.15) is 18.2 Å². The highest BCUT2D eigenvalue weighted by molar-refractivity contribution is 5.99. The number of rotatable bonds is 7. The zero-order valence-corrected chi connectivity index (χ0v) is 13.2. The molecule has 0 radical (unpaired) electrons. The topological polar surface area (TPSA) is 97.0 Å². The molecule has 0 aliphatic carbocycles. The third kappa shape index (κ3) is 5.30. The van der Waals surface area contributed by atoms with E-state index in [1.807, 2.05) is 6.92 Å². The van der Waals surface area contributed by atoms with E-state index >= 15 is 0 Å². The summed E-state index contributed by atoms with van der Waals surface area (Å²) in [5.41, 5.74) is 0.411. The van der Waals surface area contributed by atoms with Crippen molar-refractivity contribution in [1.29, 1.82) is 0 Å². The Morgan fingerprint density at radius 1 is 1.20 bits per heavy atom. The first kappa shape index (κ1) is 18.4. The Morgan fingerprint density at radius 2 is 1.88 bits per heavy atom. The van der Waals surface area contributed by atoms with Gasteiger partial charge in [0.1, 0.15) is 5.75 Å². The molecule has 1 aromatic carbocycles. The van der Waals surface area contributed by atoms with Crippen molar-refractivity contribution in [3.05, 3.63) is 35.7 Å². The molecule has 0 atom stereocenters. The summed E-state index contributed by atoms with van der Waals surface area (Å²) < 4.78 is 42.3. The van der Waals surface area contributed by atoms with E-state index in [1.54, 1.807) is 29.4 Å². The van der Waals surface area contributed by atoms with Gasteiger partial charge in [0.15, 0.2) is 5.78 Å². The Bertz CT molecular complexity index is 741. The summed E-state index contributed by atoms with van der Waals surface area (Å²) in [5, 5.41) is 7.03. The second-order valence-electron chi connectivity index (χ2n) is 4.93. The van der Waals surface area contributed by atoms with Crippen LogP contribution >= 0.6 is 0 Å². The summed E-state index contributed by atoms with van der Waals surface area (Å²) in [7, 11) is 0. The predicted molar refractivity (Wildman–Crippen MR) is 81.2 cm³/mol. The van der Waals surface area contributed by atoms with Gasteiger partial charge in [0.2, 0.25) is 17.7 Å². The van der Waals surface area contributed by atoms with Crippen molar-refractivity contribution in [3.63, 3.8) is 0 Å². The molecule has 134 valence electrons. The minimum atomic E-state index is -4.68. The standard InChI is InChI=1S/C15H15F3N4O3/c1-2-25-10-5-3-9(4-6-10)11(23)7-8-12(24)19-14-20-13(21-22-14)15(16,17)18/h3-6H,2,7-8H2,1H3,(H2,19,20,21,22,24). The Balaban J connectivity index is 1.84. The van der Waals surface area contributed by atoms with Crippen LogP contribution in [0.4, 0.5) is 19.1 Å². The Labute approximate surface area is 140 Å². The SMILES string of the molecule is CCOc1ccc(C(=O)CCC(=O)Nc2n[nH]c(C(F)(F)F)n2)cc1. The molecule has 1 amide bonds. The molecule has 0 aliphatic rings. The number of carbonyl (C=O) groups is 2. The maximum Gasteiger partial charge on any atom is 0.451 e. The van der Waals surface area contributed by atoms with Crippen molar-refractivity contribution in [2.75, 3.05) is 11.9 Å². The number of hydrogen-bond acceptors (Lipinski definition) is 5. The number of ketones is 1. The number of ether oxygens (including phenoxy) is 1. The average molecular weight is 356 g/mol. The highest BCUT2D eigenvalue weighted by Crippen LogP contribution is 2.26. The lowest BCUT2D eigenvalue weighted by Gasteiger charge is -2.04. The van der Waals surface area contributed by atoms with E-state index in [4.69, 9.17) is 4.74 Å². The minimum absolute atomic E-state index is 0.101. The molecule has 0 spiro atoms. The van der Waals surface area contributed by atoms with E-state index in [0.717, 1.165) is 0 Å². The molecule has 0 saturated carbocycles. The lowest BCUT2D eigenvalue weighted by atomic mass is 10.1. The zero-order valence-electron chi connectivity index (χ0n) is 13.2. The molecule has 1 heterocycles. The lowest BCUT2D eigenvalue weighted by Crippen LogP contribution is -2.15. The number of alkyl halides is 3. The fourth-order valence-corrected chi connectivity index (χ4v) is 1.91. The van der Waals surface area contributed by atoms with Crippen molar-refractivity contribution >= 4 is 17.6 Å². The number of halogens is 3. The first-order valence-corrected chi connectivity index (χ1v) is 7.35. The van der Waals surface area contributed by atoms with E-state index in [-0.39, 0.29) is 18.6 Å². The molecule has 0 bridgehead atoms. The quantitative estimate of drug-likeness (QED) is 0.744. The maximum atomic E-state index is 12.4. The fraction of sp³-hybridized carbons (Fsp3) is 0.333. The van der Waals surface area contributed by atoms with Crippen LogP contribution in [-0.2, 0) is 11.0 Å². The number of Topliss-reactive ketones (excluding diaryl/α,β-unsaturated/α-hetero) is 1. The number of hydrogen-bond donors (Lipinski definition) is 2. The van der Waals surface area contributed by atoms with Gasteiger partial charge in [-0.05, 0) is 31.2 Å². The van der Waals surface area contributed by atoms with Crippen LogP contribution in [0.25, 0.3) is 0 Å². The summed E-state index contributed by atoms with van der Waals surface area (Å²) in [6, 6.07) is 6.44. The Morgan fingerprint density at radius 3 is 2.44 bits per heavy atom. The molecule has 0 unspecified atom stereocenters. The summed E-state index contributed by atoms with van der Waals surface area (Å²) in [6.07, 6.45) is -4.99. The molecule has 0 saturated heterocycles. The summed E-state index contributed by atoms with van der Waals surface area (Å²) >= 11 is 0. The van der Waals surface area contributed by atoms with Crippen LogP contribution in [0, 0.1) is 0 Å². The zero-order chi connectivity index (χ0) is 18.4. The molecule has 1 aromatic heterocycles. The number of nitrogens with one attached hydrogen (secondary N) is 2. The molecule has 2 N–H and O–H groups in total. The number of carbonyl (C=O) groups excluding carboxylic acids is 2. The van der Waals surface area contributed by atoms with Gasteiger partial charge in [0, 0.05) is 18.4 Å². The molecule has 0 aliphatic heterocycles. The van der Waals surface area contributed by atoms with Gasteiger partial charge < -0.3 is 4.74 Å². The van der Waals surface area contributed by atoms with Gasteiger partial charge in [-0.1, -0.05) is 0 Å². The first-order valence-electron chi connectivity index (χ1n) is 7.35. The molecule has 0 fully saturated rings. The van der Waals surface area contributed by atoms with Crippen molar-refractivity contribution in [2.24, 2.45) is 0 Å². The number of amides is 1. The number of H-pyrrole nitrogens is 1. The van der Waals surface area contributed by atoms with Gasteiger partial charge in [-0.3, -0.25) is 20.0 Å². The third-order valence-corrected chi connectivity index (χ3v) is 3.07. The largest absolute Gasteiger partial charge is 0.494 e. The molecule has 2 rings (SSSR count). The van der Waals surface area contributed by atoms with E-state index < -0.39 is 23.9 Å². The monoisotopic (exact) mass is 356 g/mol. The summed E-state index contributed by atoms with van der Waals surface area (Å²) in [6.45, 7) is 2.34. The van der Waals surface area contributed by atoms with Crippen LogP contribution in [0.3, 0.4) is 0 Å². The fourth-order valence-electron chi connectivity index (χ4n) is 1.91. The van der Waals surface area contributed by atoms with Crippen LogP contribution < -0.4 is 10.1 Å². The highest BCUT2D eigenvalue weighted by atomic mass is 19.4. The summed E-state index contributed by atoms with van der Waals surface area (Å²) in [5.74, 6) is -2.11. The van der Waals surface area contributed by atoms with Crippen LogP contribution in [0.15, 0.2) is 24.3 Å². The molecule has 25 heavy (non-hydrogen) atoms. The molecule has 7 nitrogen and oxygen atoms in total. The smallest absolute Gasteiger partial charge is 0.451 e. The second-order valence-corrected chi connectivity index (χ2v) is 4.93. The number of aromatic amines is 1. The second kappa shape index (κ2) is 7.77. The van der Waals surface area contributed by atoms with E-state index in [1.165, 1.54) is 0 Å². The predicted octanol–water partition coefficient (Wildman–Crippen LogP) is 2.82. The van der Waals surface area contributed by atoms with Gasteiger partial charge in [-0.25, -0.2) is 0 Å². The van der Waals surface area contributed by atoms with Crippen molar-refractivity contribution in [1.82, 2.24) is 15.2 Å². The van der Waals surface area contributed by atoms with E-state index in [2.05, 4.69) is 15.4 Å². The average Bonchev–Trinajstić information content (AvgIpc) is 3.02.